The summed E-state index contributed by atoms with van der Waals surface area (Å²) < 4.78 is 4.66. The summed E-state index contributed by atoms with van der Waals surface area (Å²) in [6.45, 7) is 3.13. The zero-order valence-corrected chi connectivity index (χ0v) is 8.04. The van der Waals surface area contributed by atoms with Crippen molar-refractivity contribution in [3.8, 4) is 0 Å². The Kier molecular flexibility index (Phi) is 3.54. The number of ether oxygens (including phenoxy) is 1. The van der Waals surface area contributed by atoms with Gasteiger partial charge in [0.05, 0.1) is 6.61 Å². The van der Waals surface area contributed by atoms with Crippen molar-refractivity contribution in [3.05, 3.63) is 0 Å². The fourth-order valence-electron chi connectivity index (χ4n) is 1.21. The molecular weight excluding hydrogens is 170 g/mol. The van der Waals surface area contributed by atoms with E-state index in [-0.39, 0.29) is 0 Å². The molecule has 0 saturated carbocycles. The topological polar surface area (TPSA) is 53.9 Å². The average Bonchev–Trinajstić information content (AvgIpc) is 2.48. The summed E-state index contributed by atoms with van der Waals surface area (Å²) in [4.78, 5) is 12.9. The van der Waals surface area contributed by atoms with E-state index in [9.17, 15) is 4.79 Å². The first-order chi connectivity index (χ1) is 6.24. The van der Waals surface area contributed by atoms with Gasteiger partial charge in [-0.15, -0.1) is 0 Å². The fraction of sp³-hybridized carbons (Fsp3) is 0.750. The van der Waals surface area contributed by atoms with Gasteiger partial charge in [-0.05, 0) is 13.3 Å². The predicted molar refractivity (Wildman–Crippen MR) is 49.5 cm³/mol. The van der Waals surface area contributed by atoms with Crippen LogP contribution < -0.4 is 5.43 Å². The molecule has 0 aromatic rings. The Balaban J connectivity index is 2.34. The van der Waals surface area contributed by atoms with Crippen LogP contribution in [0.2, 0.25) is 0 Å². The Bertz CT molecular complexity index is 215. The molecular formula is C8H15N3O2. The van der Waals surface area contributed by atoms with Gasteiger partial charge in [-0.1, -0.05) is 0 Å². The molecule has 1 heterocycles. The Hall–Kier alpha value is -1.26. The summed E-state index contributed by atoms with van der Waals surface area (Å²) in [7, 11) is 1.96. The van der Waals surface area contributed by atoms with Crippen LogP contribution in [0.15, 0.2) is 5.10 Å². The Labute approximate surface area is 77.7 Å². The van der Waals surface area contributed by atoms with Crippen molar-refractivity contribution < 1.29 is 9.53 Å². The van der Waals surface area contributed by atoms with Gasteiger partial charge in [0.15, 0.2) is 0 Å². The first-order valence-electron chi connectivity index (χ1n) is 4.44. The Morgan fingerprint density at radius 2 is 2.54 bits per heavy atom. The smallest absolute Gasteiger partial charge is 0.427 e. The highest BCUT2D eigenvalue weighted by Crippen LogP contribution is 2.07. The second-order valence-corrected chi connectivity index (χ2v) is 2.89. The molecule has 1 amide bonds. The van der Waals surface area contributed by atoms with Crippen LogP contribution >= 0.6 is 0 Å². The summed E-state index contributed by atoms with van der Waals surface area (Å²) in [5.41, 5.74) is 2.34. The molecule has 0 unspecified atom stereocenters. The number of hydrogen-bond donors (Lipinski definition) is 1. The number of nitrogens with one attached hydrogen (secondary N) is 1. The number of likely N-dealkylation sites (tertiary alicyclic amines) is 1. The van der Waals surface area contributed by atoms with Crippen molar-refractivity contribution >= 4 is 11.9 Å². The van der Waals surface area contributed by atoms with Crippen molar-refractivity contribution in [2.24, 2.45) is 5.10 Å². The van der Waals surface area contributed by atoms with E-state index in [0.29, 0.717) is 6.61 Å². The lowest BCUT2D eigenvalue weighted by atomic mass is 10.4. The molecule has 0 atom stereocenters. The van der Waals surface area contributed by atoms with Gasteiger partial charge in [0, 0.05) is 20.0 Å². The first kappa shape index (κ1) is 9.83. The lowest BCUT2D eigenvalue weighted by molar-refractivity contribution is 0.152. The van der Waals surface area contributed by atoms with Crippen LogP contribution in [0.5, 0.6) is 0 Å². The summed E-state index contributed by atoms with van der Waals surface area (Å²) in [5.74, 6) is 0.910. The quantitative estimate of drug-likeness (QED) is 0.646. The molecule has 1 aliphatic heterocycles. The highest BCUT2D eigenvalue weighted by molar-refractivity contribution is 5.84. The third-order valence-corrected chi connectivity index (χ3v) is 1.89. The molecule has 1 rings (SSSR count). The average molecular weight is 185 g/mol. The van der Waals surface area contributed by atoms with E-state index in [2.05, 4.69) is 15.3 Å². The normalized spacial score (nSPS) is 19.2. The maximum Gasteiger partial charge on any atom is 0.427 e. The zero-order chi connectivity index (χ0) is 9.68. The van der Waals surface area contributed by atoms with Crippen LogP contribution in [0, 0.1) is 0 Å². The van der Waals surface area contributed by atoms with Gasteiger partial charge in [-0.2, -0.15) is 5.10 Å². The van der Waals surface area contributed by atoms with E-state index in [4.69, 9.17) is 0 Å². The Morgan fingerprint density at radius 3 is 3.08 bits per heavy atom. The summed E-state index contributed by atoms with van der Waals surface area (Å²) in [6, 6.07) is 0. The third kappa shape index (κ3) is 2.93. The van der Waals surface area contributed by atoms with Crippen LogP contribution in [0.4, 0.5) is 4.79 Å². The van der Waals surface area contributed by atoms with E-state index in [1.807, 2.05) is 11.9 Å². The summed E-state index contributed by atoms with van der Waals surface area (Å²) >= 11 is 0. The number of hydrogen-bond acceptors (Lipinski definition) is 3. The molecule has 0 spiro atoms. The lowest BCUT2D eigenvalue weighted by Crippen LogP contribution is -2.25. The molecule has 5 heteroatoms. The van der Waals surface area contributed by atoms with E-state index >= 15 is 0 Å². The number of hydrazone groups is 1. The minimum absolute atomic E-state index is 0.368. The van der Waals surface area contributed by atoms with Gasteiger partial charge in [0.25, 0.3) is 0 Å². The van der Waals surface area contributed by atoms with E-state index in [0.717, 1.165) is 25.2 Å². The molecule has 0 aromatic carbocycles. The van der Waals surface area contributed by atoms with Gasteiger partial charge >= 0.3 is 6.09 Å². The molecule has 1 fully saturated rings. The maximum atomic E-state index is 10.8. The summed E-state index contributed by atoms with van der Waals surface area (Å²) in [6.07, 6.45) is 1.53. The van der Waals surface area contributed by atoms with Crippen molar-refractivity contribution in [2.45, 2.75) is 19.8 Å². The summed E-state index contributed by atoms with van der Waals surface area (Å²) in [5, 5.41) is 3.94. The van der Waals surface area contributed by atoms with Crippen molar-refractivity contribution in [3.63, 3.8) is 0 Å². The number of rotatable bonds is 2. The molecule has 5 nitrogen and oxygen atoms in total. The van der Waals surface area contributed by atoms with Gasteiger partial charge in [0.2, 0.25) is 0 Å². The molecule has 13 heavy (non-hydrogen) atoms. The minimum atomic E-state index is -0.490. The molecule has 0 aliphatic carbocycles. The first-order valence-corrected chi connectivity index (χ1v) is 4.44. The second kappa shape index (κ2) is 4.69. The van der Waals surface area contributed by atoms with Crippen molar-refractivity contribution in [2.75, 3.05) is 20.2 Å². The van der Waals surface area contributed by atoms with Gasteiger partial charge < -0.3 is 9.64 Å². The van der Waals surface area contributed by atoms with Crippen LogP contribution in [0.25, 0.3) is 0 Å². The van der Waals surface area contributed by atoms with E-state index in [1.165, 1.54) is 0 Å². The monoisotopic (exact) mass is 185 g/mol. The standard InChI is InChI=1S/C8H15N3O2/c1-3-13-8(12)10-9-7-5-4-6-11(7)2/h3-6H2,1-2H3,(H,10,12)/b9-7-. The number of nitrogens with zero attached hydrogens (tertiary/aromatic N) is 2. The van der Waals surface area contributed by atoms with E-state index < -0.39 is 6.09 Å². The Morgan fingerprint density at radius 1 is 1.77 bits per heavy atom. The van der Waals surface area contributed by atoms with Crippen LogP contribution in [-0.4, -0.2) is 37.0 Å². The molecule has 1 saturated heterocycles. The number of amides is 1. The third-order valence-electron chi connectivity index (χ3n) is 1.89. The molecule has 74 valence electrons. The van der Waals surface area contributed by atoms with Crippen molar-refractivity contribution in [1.29, 1.82) is 0 Å². The van der Waals surface area contributed by atoms with Crippen LogP contribution in [0.1, 0.15) is 19.8 Å². The SMILES string of the molecule is CCOC(=O)N/N=C1/CCCN1C. The molecule has 0 aromatic heterocycles. The zero-order valence-electron chi connectivity index (χ0n) is 8.04. The minimum Gasteiger partial charge on any atom is -0.449 e. The van der Waals surface area contributed by atoms with Gasteiger partial charge in [0.1, 0.15) is 5.84 Å². The van der Waals surface area contributed by atoms with Crippen LogP contribution in [-0.2, 0) is 4.74 Å². The molecule has 0 radical (unpaired) electrons. The van der Waals surface area contributed by atoms with Crippen molar-refractivity contribution in [1.82, 2.24) is 10.3 Å². The molecule has 0 bridgehead atoms. The highest BCUT2D eigenvalue weighted by Gasteiger charge is 2.14. The molecule has 1 aliphatic rings. The van der Waals surface area contributed by atoms with Gasteiger partial charge in [-0.25, -0.2) is 10.2 Å². The highest BCUT2D eigenvalue weighted by atomic mass is 16.5. The number of carbonyl (C=O) groups excluding carboxylic acids is 1. The lowest BCUT2D eigenvalue weighted by Gasteiger charge is -2.10. The second-order valence-electron chi connectivity index (χ2n) is 2.89. The van der Waals surface area contributed by atoms with Crippen LogP contribution in [0.3, 0.4) is 0 Å². The fourth-order valence-corrected chi connectivity index (χ4v) is 1.21. The van der Waals surface area contributed by atoms with Gasteiger partial charge in [-0.3, -0.25) is 0 Å². The number of amidine groups is 1. The molecule has 1 N–H and O–H groups in total. The van der Waals surface area contributed by atoms with E-state index in [1.54, 1.807) is 6.92 Å². The maximum absolute atomic E-state index is 10.8. The predicted octanol–water partition coefficient (Wildman–Crippen LogP) is 0.772. The largest absolute Gasteiger partial charge is 0.449 e. The number of carbonyl (C=O) groups is 1.